The number of esters is 3. The van der Waals surface area contributed by atoms with Gasteiger partial charge in [-0.1, -0.05) is 20.3 Å². The van der Waals surface area contributed by atoms with Crippen LogP contribution in [0.15, 0.2) is 0 Å². The van der Waals surface area contributed by atoms with E-state index in [4.69, 9.17) is 18.8 Å². The minimum Gasteiger partial charge on any atom is -0.462 e. The fourth-order valence-electron chi connectivity index (χ4n) is 6.47. The molecule has 0 aromatic heterocycles. The summed E-state index contributed by atoms with van der Waals surface area (Å²) in [5, 5.41) is -5.19. The van der Waals surface area contributed by atoms with Crippen LogP contribution in [-0.2, 0) is 38.7 Å². The summed E-state index contributed by atoms with van der Waals surface area (Å²) in [5.74, 6) is -5.54. The molecule has 12 heteroatoms. The molecule has 0 amide bonds. The molecule has 4 fully saturated rings. The second-order valence-corrected chi connectivity index (χ2v) is 11.8. The second kappa shape index (κ2) is 9.00. The van der Waals surface area contributed by atoms with Crippen LogP contribution in [0.1, 0.15) is 58.8 Å². The van der Waals surface area contributed by atoms with E-state index in [0.29, 0.717) is 30.6 Å². The highest BCUT2D eigenvalue weighted by molar-refractivity contribution is 7.87. The van der Waals surface area contributed by atoms with Gasteiger partial charge < -0.3 is 14.2 Å². The highest BCUT2D eigenvalue weighted by Crippen LogP contribution is 2.47. The van der Waals surface area contributed by atoms with Crippen molar-refractivity contribution in [2.45, 2.75) is 82.4 Å². The van der Waals surface area contributed by atoms with Crippen molar-refractivity contribution in [3.05, 3.63) is 0 Å². The first-order chi connectivity index (χ1) is 15.8. The van der Waals surface area contributed by atoms with Gasteiger partial charge in [0, 0.05) is 5.92 Å². The van der Waals surface area contributed by atoms with E-state index in [1.54, 1.807) is 6.92 Å². The number of fused-ring (bicyclic) bond motifs is 4. The van der Waals surface area contributed by atoms with E-state index >= 15 is 0 Å². The molecule has 9 nitrogen and oxygen atoms in total. The summed E-state index contributed by atoms with van der Waals surface area (Å²) in [6, 6.07) is 0. The van der Waals surface area contributed by atoms with Crippen LogP contribution in [0.5, 0.6) is 0 Å². The maximum Gasteiger partial charge on any atom is 0.465 e. The largest absolute Gasteiger partial charge is 0.465 e. The number of carbonyl (C=O) groups excluding carboxylic acids is 3. The maximum absolute atomic E-state index is 13.7. The van der Waals surface area contributed by atoms with Crippen molar-refractivity contribution in [3.63, 3.8) is 0 Å². The summed E-state index contributed by atoms with van der Waals surface area (Å²) >= 11 is 0. The Morgan fingerprint density at radius 1 is 1.09 bits per heavy atom. The molecule has 0 spiro atoms. The zero-order valence-corrected chi connectivity index (χ0v) is 19.8. The molecular weight excluding hydrogens is 478 g/mol. The smallest absolute Gasteiger partial charge is 0.462 e. The zero-order chi connectivity index (χ0) is 25.0. The molecule has 192 valence electrons. The van der Waals surface area contributed by atoms with Crippen LogP contribution in [-0.4, -0.2) is 54.4 Å². The summed E-state index contributed by atoms with van der Waals surface area (Å²) in [4.78, 5) is 37.5. The third-order valence-electron chi connectivity index (χ3n) is 8.00. The van der Waals surface area contributed by atoms with E-state index in [1.807, 2.05) is 0 Å². The van der Waals surface area contributed by atoms with Crippen LogP contribution in [0.25, 0.3) is 0 Å². The lowest BCUT2D eigenvalue weighted by atomic mass is 9.66. The Morgan fingerprint density at radius 3 is 2.26 bits per heavy atom. The monoisotopic (exact) mass is 508 g/mol. The fourth-order valence-corrected chi connectivity index (χ4v) is 6.73. The van der Waals surface area contributed by atoms with Crippen molar-refractivity contribution in [3.8, 4) is 0 Å². The number of rotatable bonds is 6. The minimum absolute atomic E-state index is 0.152. The Hall–Kier alpha value is -1.82. The van der Waals surface area contributed by atoms with E-state index in [-0.39, 0.29) is 12.5 Å². The Balaban J connectivity index is 1.46. The van der Waals surface area contributed by atoms with Crippen molar-refractivity contribution in [1.29, 1.82) is 0 Å². The Bertz CT molecular complexity index is 938. The Morgan fingerprint density at radius 2 is 1.71 bits per heavy atom. The summed E-state index contributed by atoms with van der Waals surface area (Å²) in [6.45, 7) is 3.81. The molecule has 0 radical (unpaired) electrons. The molecule has 1 saturated heterocycles. The van der Waals surface area contributed by atoms with E-state index in [0.717, 1.165) is 25.7 Å². The first-order valence-electron chi connectivity index (χ1n) is 11.8. The number of hydrogen-bond donors (Lipinski definition) is 1. The van der Waals surface area contributed by atoms with Crippen LogP contribution < -0.4 is 0 Å². The molecule has 0 aromatic carbocycles. The van der Waals surface area contributed by atoms with Crippen molar-refractivity contribution < 1.29 is 50.3 Å². The average Bonchev–Trinajstić information content (AvgIpc) is 2.93. The van der Waals surface area contributed by atoms with Crippen molar-refractivity contribution in [1.82, 2.24) is 0 Å². The lowest BCUT2D eigenvalue weighted by Gasteiger charge is -2.42. The summed E-state index contributed by atoms with van der Waals surface area (Å²) < 4.78 is 73.6. The predicted molar refractivity (Wildman–Crippen MR) is 111 cm³/mol. The molecule has 0 aromatic rings. The first-order valence-corrected chi connectivity index (χ1v) is 13.2. The van der Waals surface area contributed by atoms with Crippen LogP contribution in [0, 0.1) is 35.5 Å². The molecular formula is C22H30F2O9S. The van der Waals surface area contributed by atoms with Gasteiger partial charge in [0.15, 0.2) is 5.92 Å². The van der Waals surface area contributed by atoms with Crippen LogP contribution >= 0.6 is 0 Å². The first kappa shape index (κ1) is 25.3. The van der Waals surface area contributed by atoms with Gasteiger partial charge in [-0.3, -0.25) is 14.1 Å². The number of hydrogen-bond acceptors (Lipinski definition) is 8. The molecule has 7 atom stereocenters. The fraction of sp³-hybridized carbons (Fsp3) is 0.864. The topological polar surface area (TPSA) is 133 Å². The van der Waals surface area contributed by atoms with E-state index in [2.05, 4.69) is 6.92 Å². The normalized spacial score (nSPS) is 39.8. The summed E-state index contributed by atoms with van der Waals surface area (Å²) in [5.41, 5.74) is 0. The van der Waals surface area contributed by atoms with Crippen molar-refractivity contribution in [2.24, 2.45) is 35.5 Å². The molecule has 3 saturated carbocycles. The van der Waals surface area contributed by atoms with Crippen LogP contribution in [0.2, 0.25) is 0 Å². The van der Waals surface area contributed by atoms with Crippen molar-refractivity contribution >= 4 is 28.0 Å². The molecule has 1 aliphatic heterocycles. The van der Waals surface area contributed by atoms with Gasteiger partial charge >= 0.3 is 33.3 Å². The van der Waals surface area contributed by atoms with Crippen LogP contribution in [0.4, 0.5) is 8.78 Å². The number of alkyl halides is 2. The molecule has 4 bridgehead atoms. The molecule has 34 heavy (non-hydrogen) atoms. The van der Waals surface area contributed by atoms with Gasteiger partial charge in [-0.25, -0.2) is 4.79 Å². The van der Waals surface area contributed by atoms with E-state index < -0.39 is 63.2 Å². The standard InChI is InChI=1S/C22H30F2O9S/c1-3-11-5-12-7-13(6-11)9-14(8-12)31-19(25)16-15-4-10(2)17(32-20(16)26)18(15)33-21(27)22(23,24)34(28,29)30/h10-18H,3-9H2,1-2H3,(H,28,29,30). The van der Waals surface area contributed by atoms with Gasteiger partial charge in [0.25, 0.3) is 0 Å². The average molecular weight is 509 g/mol. The third kappa shape index (κ3) is 4.55. The lowest BCUT2D eigenvalue weighted by molar-refractivity contribution is -0.200. The van der Waals surface area contributed by atoms with Crippen molar-refractivity contribution in [2.75, 3.05) is 0 Å². The second-order valence-electron chi connectivity index (χ2n) is 10.4. The highest BCUT2D eigenvalue weighted by atomic mass is 32.2. The molecule has 1 heterocycles. The zero-order valence-electron chi connectivity index (χ0n) is 19.0. The summed E-state index contributed by atoms with van der Waals surface area (Å²) in [6.07, 6.45) is 2.99. The molecule has 7 unspecified atom stereocenters. The maximum atomic E-state index is 13.7. The number of halogens is 2. The van der Waals surface area contributed by atoms with Gasteiger partial charge in [-0.15, -0.1) is 0 Å². The van der Waals surface area contributed by atoms with Gasteiger partial charge in [0.05, 0.1) is 0 Å². The molecule has 1 N–H and O–H groups in total. The van der Waals surface area contributed by atoms with Gasteiger partial charge in [0.2, 0.25) is 0 Å². The van der Waals surface area contributed by atoms with Gasteiger partial charge in [-0.05, 0) is 62.2 Å². The van der Waals surface area contributed by atoms with E-state index in [9.17, 15) is 31.6 Å². The molecule has 4 rings (SSSR count). The SMILES string of the molecule is CCC1CC2CC(C1)CC(OC(=O)C1C(=O)OC3C(C)CC1C3OC(=O)C(F)(F)S(=O)(=O)O)C2. The predicted octanol–water partition coefficient (Wildman–Crippen LogP) is 2.72. The third-order valence-corrected chi connectivity index (χ3v) is 8.81. The minimum atomic E-state index is -6.06. The van der Waals surface area contributed by atoms with Crippen LogP contribution in [0.3, 0.4) is 0 Å². The van der Waals surface area contributed by atoms with E-state index in [1.165, 1.54) is 0 Å². The number of ether oxygens (including phenoxy) is 3. The molecule has 4 aliphatic rings. The molecule has 3 aliphatic carbocycles. The Kier molecular flexibility index (Phi) is 6.69. The Labute approximate surface area is 196 Å². The number of carbonyl (C=O) groups is 3. The van der Waals surface area contributed by atoms with Gasteiger partial charge in [-0.2, -0.15) is 17.2 Å². The van der Waals surface area contributed by atoms with Gasteiger partial charge in [0.1, 0.15) is 18.3 Å². The highest BCUT2D eigenvalue weighted by Gasteiger charge is 2.62. The quantitative estimate of drug-likeness (QED) is 0.249. The lowest BCUT2D eigenvalue weighted by Crippen LogP contribution is -2.52. The summed E-state index contributed by atoms with van der Waals surface area (Å²) in [7, 11) is -6.06.